The van der Waals surface area contributed by atoms with Gasteiger partial charge in [-0.25, -0.2) is 0 Å². The van der Waals surface area contributed by atoms with Gasteiger partial charge in [-0.05, 0) is 24.3 Å². The number of hydrogen-bond acceptors (Lipinski definition) is 4. The van der Waals surface area contributed by atoms with Crippen molar-refractivity contribution in [2.45, 2.75) is 50.8 Å². The van der Waals surface area contributed by atoms with Crippen LogP contribution in [-0.2, 0) is 16.1 Å². The zero-order chi connectivity index (χ0) is 17.5. The second-order valence-corrected chi connectivity index (χ2v) is 7.33. The van der Waals surface area contributed by atoms with E-state index in [2.05, 4.69) is 34.5 Å². The van der Waals surface area contributed by atoms with Crippen LogP contribution < -0.4 is 11.1 Å². The highest BCUT2D eigenvalue weighted by Crippen LogP contribution is 2.26. The van der Waals surface area contributed by atoms with Gasteiger partial charge in [0, 0.05) is 32.2 Å². The Labute approximate surface area is 175 Å². The van der Waals surface area contributed by atoms with Gasteiger partial charge in [-0.1, -0.05) is 49.6 Å². The first-order chi connectivity index (χ1) is 12.3. The molecular formula is C20H33Cl2N3O2. The molecule has 1 saturated carbocycles. The first-order valence-corrected chi connectivity index (χ1v) is 9.64. The molecule has 1 aliphatic carbocycles. The molecule has 1 heterocycles. The number of morpholine rings is 1. The van der Waals surface area contributed by atoms with E-state index < -0.39 is 6.10 Å². The van der Waals surface area contributed by atoms with Crippen molar-refractivity contribution in [3.05, 3.63) is 35.9 Å². The van der Waals surface area contributed by atoms with Gasteiger partial charge in [0.15, 0.2) is 0 Å². The van der Waals surface area contributed by atoms with Crippen molar-refractivity contribution >= 4 is 30.7 Å². The Bertz CT molecular complexity index is 541. The number of rotatable bonds is 6. The van der Waals surface area contributed by atoms with Crippen molar-refractivity contribution in [1.82, 2.24) is 10.2 Å². The summed E-state index contributed by atoms with van der Waals surface area (Å²) in [7, 11) is 0. The molecule has 0 radical (unpaired) electrons. The van der Waals surface area contributed by atoms with E-state index in [0.29, 0.717) is 25.6 Å². The molecule has 5 nitrogen and oxygen atoms in total. The Morgan fingerprint density at radius 3 is 2.56 bits per heavy atom. The minimum atomic E-state index is -0.393. The van der Waals surface area contributed by atoms with Crippen LogP contribution >= 0.6 is 24.8 Å². The highest BCUT2D eigenvalue weighted by atomic mass is 35.5. The number of nitrogens with one attached hydrogen (secondary N) is 1. The average Bonchev–Trinajstić information content (AvgIpc) is 2.67. The van der Waals surface area contributed by atoms with E-state index in [1.807, 2.05) is 6.07 Å². The molecule has 1 aromatic rings. The van der Waals surface area contributed by atoms with Crippen molar-refractivity contribution < 1.29 is 9.53 Å². The Balaban J connectivity index is 0.00000182. The lowest BCUT2D eigenvalue weighted by Crippen LogP contribution is -2.54. The normalized spacial score (nSPS) is 22.2. The van der Waals surface area contributed by atoms with Crippen molar-refractivity contribution in [3.63, 3.8) is 0 Å². The SMILES string of the molecule is Cl.Cl.NCC(NC(=O)C1CN(Cc2ccccc2)CCO1)C1CCCCC1. The summed E-state index contributed by atoms with van der Waals surface area (Å²) in [6.45, 7) is 3.47. The second-order valence-electron chi connectivity index (χ2n) is 7.33. The van der Waals surface area contributed by atoms with Crippen LogP contribution in [0.25, 0.3) is 0 Å². The minimum Gasteiger partial charge on any atom is -0.366 e. The monoisotopic (exact) mass is 417 g/mol. The maximum atomic E-state index is 12.7. The molecule has 2 fully saturated rings. The van der Waals surface area contributed by atoms with Crippen LogP contribution in [0.4, 0.5) is 0 Å². The van der Waals surface area contributed by atoms with Crippen LogP contribution in [0.15, 0.2) is 30.3 Å². The molecule has 7 heteroatoms. The van der Waals surface area contributed by atoms with Gasteiger partial charge in [0.05, 0.1) is 6.61 Å². The van der Waals surface area contributed by atoms with Gasteiger partial charge in [-0.2, -0.15) is 0 Å². The average molecular weight is 418 g/mol. The van der Waals surface area contributed by atoms with E-state index in [9.17, 15) is 4.79 Å². The third kappa shape index (κ3) is 7.24. The predicted octanol–water partition coefficient (Wildman–Crippen LogP) is 2.75. The molecule has 1 amide bonds. The quantitative estimate of drug-likeness (QED) is 0.746. The summed E-state index contributed by atoms with van der Waals surface area (Å²) in [6.07, 6.45) is 5.77. The van der Waals surface area contributed by atoms with E-state index in [0.717, 1.165) is 13.1 Å². The number of carbonyl (C=O) groups excluding carboxylic acids is 1. The molecule has 1 aliphatic heterocycles. The molecule has 0 spiro atoms. The summed E-state index contributed by atoms with van der Waals surface area (Å²) < 4.78 is 5.75. The molecule has 1 aromatic carbocycles. The molecule has 2 atom stereocenters. The molecule has 27 heavy (non-hydrogen) atoms. The first-order valence-electron chi connectivity index (χ1n) is 9.64. The lowest BCUT2D eigenvalue weighted by molar-refractivity contribution is -0.140. The predicted molar refractivity (Wildman–Crippen MR) is 114 cm³/mol. The highest BCUT2D eigenvalue weighted by Gasteiger charge is 2.30. The maximum Gasteiger partial charge on any atom is 0.250 e. The summed E-state index contributed by atoms with van der Waals surface area (Å²) >= 11 is 0. The summed E-state index contributed by atoms with van der Waals surface area (Å²) in [5.41, 5.74) is 7.21. The van der Waals surface area contributed by atoms with Gasteiger partial charge in [0.2, 0.25) is 0 Å². The molecular weight excluding hydrogens is 385 g/mol. The van der Waals surface area contributed by atoms with Gasteiger partial charge in [-0.3, -0.25) is 9.69 Å². The summed E-state index contributed by atoms with van der Waals surface area (Å²) in [4.78, 5) is 15.0. The molecule has 1 saturated heterocycles. The van der Waals surface area contributed by atoms with Crippen LogP contribution in [0.2, 0.25) is 0 Å². The van der Waals surface area contributed by atoms with E-state index >= 15 is 0 Å². The molecule has 2 aliphatic rings. The van der Waals surface area contributed by atoms with Crippen molar-refractivity contribution in [1.29, 1.82) is 0 Å². The molecule has 0 aromatic heterocycles. The Kier molecular flexibility index (Phi) is 11.3. The molecule has 154 valence electrons. The summed E-state index contributed by atoms with van der Waals surface area (Å²) in [6, 6.07) is 10.5. The lowest BCUT2D eigenvalue weighted by Gasteiger charge is -2.35. The van der Waals surface area contributed by atoms with Gasteiger partial charge in [0.1, 0.15) is 6.10 Å². The number of ether oxygens (including phenoxy) is 1. The Morgan fingerprint density at radius 2 is 1.89 bits per heavy atom. The number of amides is 1. The van der Waals surface area contributed by atoms with Crippen LogP contribution in [0, 0.1) is 5.92 Å². The second kappa shape index (κ2) is 12.6. The number of halogens is 2. The maximum absolute atomic E-state index is 12.7. The topological polar surface area (TPSA) is 67.6 Å². The van der Waals surface area contributed by atoms with E-state index in [1.54, 1.807) is 0 Å². The van der Waals surface area contributed by atoms with Crippen LogP contribution in [-0.4, -0.2) is 49.2 Å². The number of nitrogens with two attached hydrogens (primary N) is 1. The van der Waals surface area contributed by atoms with Crippen molar-refractivity contribution in [2.24, 2.45) is 11.7 Å². The summed E-state index contributed by atoms with van der Waals surface area (Å²) in [5, 5.41) is 3.17. The van der Waals surface area contributed by atoms with Crippen LogP contribution in [0.3, 0.4) is 0 Å². The molecule has 0 bridgehead atoms. The number of nitrogens with zero attached hydrogens (tertiary/aromatic N) is 1. The third-order valence-electron chi connectivity index (χ3n) is 5.49. The zero-order valence-corrected chi connectivity index (χ0v) is 17.5. The lowest BCUT2D eigenvalue weighted by atomic mass is 9.84. The number of benzene rings is 1. The fourth-order valence-corrected chi connectivity index (χ4v) is 4.03. The largest absolute Gasteiger partial charge is 0.366 e. The Hall–Kier alpha value is -0.850. The number of hydrogen-bond donors (Lipinski definition) is 2. The van der Waals surface area contributed by atoms with Crippen LogP contribution in [0.1, 0.15) is 37.7 Å². The van der Waals surface area contributed by atoms with Gasteiger partial charge in [0.25, 0.3) is 5.91 Å². The van der Waals surface area contributed by atoms with E-state index in [1.165, 1.54) is 37.7 Å². The minimum absolute atomic E-state index is 0. The fraction of sp³-hybridized carbons (Fsp3) is 0.650. The molecule has 3 rings (SSSR count). The van der Waals surface area contributed by atoms with Crippen molar-refractivity contribution in [2.75, 3.05) is 26.2 Å². The molecule has 2 unspecified atom stereocenters. The zero-order valence-electron chi connectivity index (χ0n) is 15.8. The fourth-order valence-electron chi connectivity index (χ4n) is 4.03. The first kappa shape index (κ1) is 24.2. The van der Waals surface area contributed by atoms with E-state index in [4.69, 9.17) is 10.5 Å². The summed E-state index contributed by atoms with van der Waals surface area (Å²) in [5.74, 6) is 0.519. The van der Waals surface area contributed by atoms with Gasteiger partial charge >= 0.3 is 0 Å². The standard InChI is InChI=1S/C20H31N3O2.2ClH/c21-13-18(17-9-5-2-6-10-17)22-20(24)19-15-23(11-12-25-19)14-16-7-3-1-4-8-16;;/h1,3-4,7-8,17-19H,2,5-6,9-15,21H2,(H,22,24);2*1H. The van der Waals surface area contributed by atoms with E-state index in [-0.39, 0.29) is 36.8 Å². The number of carbonyl (C=O) groups is 1. The third-order valence-corrected chi connectivity index (χ3v) is 5.49. The van der Waals surface area contributed by atoms with Gasteiger partial charge < -0.3 is 15.8 Å². The smallest absolute Gasteiger partial charge is 0.250 e. The Morgan fingerprint density at radius 1 is 1.19 bits per heavy atom. The van der Waals surface area contributed by atoms with Gasteiger partial charge in [-0.15, -0.1) is 24.8 Å². The van der Waals surface area contributed by atoms with Crippen molar-refractivity contribution in [3.8, 4) is 0 Å². The van der Waals surface area contributed by atoms with Crippen LogP contribution in [0.5, 0.6) is 0 Å². The molecule has 3 N–H and O–H groups in total. The highest BCUT2D eigenvalue weighted by molar-refractivity contribution is 5.85.